The zero-order valence-electron chi connectivity index (χ0n) is 13.3. The van der Waals surface area contributed by atoms with E-state index in [-0.39, 0.29) is 55.0 Å². The SMILES string of the molecule is CC(C)C(=O)Nc1nc(CC(=O)N[C@H]2CCCNC2)cs1.Cl.Cl. The smallest absolute Gasteiger partial charge is 0.228 e. The van der Waals surface area contributed by atoms with Crippen LogP contribution in [0, 0.1) is 5.92 Å². The Morgan fingerprint density at radius 3 is 2.78 bits per heavy atom. The molecule has 1 aromatic rings. The van der Waals surface area contributed by atoms with Crippen molar-refractivity contribution in [1.82, 2.24) is 15.6 Å². The van der Waals surface area contributed by atoms with Gasteiger partial charge in [-0.3, -0.25) is 9.59 Å². The Morgan fingerprint density at radius 1 is 1.43 bits per heavy atom. The molecule has 9 heteroatoms. The highest BCUT2D eigenvalue weighted by atomic mass is 35.5. The van der Waals surface area contributed by atoms with Gasteiger partial charge in [-0.05, 0) is 19.4 Å². The molecule has 0 unspecified atom stereocenters. The first kappa shape index (κ1) is 22.1. The topological polar surface area (TPSA) is 83.1 Å². The van der Waals surface area contributed by atoms with Gasteiger partial charge in [-0.25, -0.2) is 4.98 Å². The van der Waals surface area contributed by atoms with Gasteiger partial charge in [0.15, 0.2) is 5.13 Å². The number of anilines is 1. The second-order valence-electron chi connectivity index (χ2n) is 5.58. The minimum Gasteiger partial charge on any atom is -0.352 e. The third-order valence-electron chi connectivity index (χ3n) is 3.31. The molecular weight excluding hydrogens is 359 g/mol. The first-order chi connectivity index (χ1) is 10.0. The quantitative estimate of drug-likeness (QED) is 0.726. The molecule has 1 atom stereocenters. The summed E-state index contributed by atoms with van der Waals surface area (Å²) >= 11 is 1.35. The lowest BCUT2D eigenvalue weighted by molar-refractivity contribution is -0.121. The Hall–Kier alpha value is -0.890. The van der Waals surface area contributed by atoms with Gasteiger partial charge in [0, 0.05) is 23.9 Å². The Kier molecular flexibility index (Phi) is 10.4. The van der Waals surface area contributed by atoms with Gasteiger partial charge in [-0.15, -0.1) is 36.2 Å². The monoisotopic (exact) mass is 382 g/mol. The van der Waals surface area contributed by atoms with Crippen LogP contribution in [0.25, 0.3) is 0 Å². The van der Waals surface area contributed by atoms with E-state index in [2.05, 4.69) is 20.9 Å². The molecule has 1 saturated heterocycles. The number of nitrogens with one attached hydrogen (secondary N) is 3. The normalized spacial score (nSPS) is 16.9. The van der Waals surface area contributed by atoms with Gasteiger partial charge >= 0.3 is 0 Å². The van der Waals surface area contributed by atoms with Crippen LogP contribution in [0.3, 0.4) is 0 Å². The van der Waals surface area contributed by atoms with E-state index >= 15 is 0 Å². The molecule has 132 valence electrons. The van der Waals surface area contributed by atoms with E-state index < -0.39 is 0 Å². The number of amides is 2. The number of hydrogen-bond acceptors (Lipinski definition) is 5. The lowest BCUT2D eigenvalue weighted by Crippen LogP contribution is -2.46. The average molecular weight is 383 g/mol. The Balaban J connectivity index is 0.00000242. The largest absolute Gasteiger partial charge is 0.352 e. The fourth-order valence-corrected chi connectivity index (χ4v) is 2.83. The number of halogens is 2. The zero-order valence-corrected chi connectivity index (χ0v) is 15.7. The molecule has 1 aliphatic heterocycles. The van der Waals surface area contributed by atoms with E-state index in [0.29, 0.717) is 10.8 Å². The highest BCUT2D eigenvalue weighted by Gasteiger charge is 2.16. The fourth-order valence-electron chi connectivity index (χ4n) is 2.11. The van der Waals surface area contributed by atoms with Crippen LogP contribution >= 0.6 is 36.2 Å². The predicted molar refractivity (Wildman–Crippen MR) is 97.8 cm³/mol. The van der Waals surface area contributed by atoms with E-state index in [0.717, 1.165) is 25.9 Å². The molecule has 0 saturated carbocycles. The number of piperidine rings is 1. The number of aromatic nitrogens is 1. The van der Waals surface area contributed by atoms with E-state index in [1.165, 1.54) is 11.3 Å². The summed E-state index contributed by atoms with van der Waals surface area (Å²) in [6.07, 6.45) is 2.36. The third kappa shape index (κ3) is 7.48. The molecule has 1 fully saturated rings. The van der Waals surface area contributed by atoms with Crippen molar-refractivity contribution in [2.75, 3.05) is 18.4 Å². The van der Waals surface area contributed by atoms with E-state index in [9.17, 15) is 9.59 Å². The predicted octanol–water partition coefficient (Wildman–Crippen LogP) is 1.99. The van der Waals surface area contributed by atoms with Crippen molar-refractivity contribution in [2.24, 2.45) is 5.92 Å². The van der Waals surface area contributed by atoms with Crippen molar-refractivity contribution in [2.45, 2.75) is 39.2 Å². The average Bonchev–Trinajstić information content (AvgIpc) is 2.86. The van der Waals surface area contributed by atoms with Crippen molar-refractivity contribution in [1.29, 1.82) is 0 Å². The van der Waals surface area contributed by atoms with Gasteiger partial charge in [0.2, 0.25) is 11.8 Å². The zero-order chi connectivity index (χ0) is 15.2. The minimum atomic E-state index is -0.0838. The van der Waals surface area contributed by atoms with Crippen molar-refractivity contribution in [3.63, 3.8) is 0 Å². The van der Waals surface area contributed by atoms with Gasteiger partial charge < -0.3 is 16.0 Å². The molecule has 1 aromatic heterocycles. The van der Waals surface area contributed by atoms with Crippen LogP contribution in [0.4, 0.5) is 5.13 Å². The van der Waals surface area contributed by atoms with Crippen molar-refractivity contribution in [3.05, 3.63) is 11.1 Å². The van der Waals surface area contributed by atoms with Crippen LogP contribution in [0.2, 0.25) is 0 Å². The van der Waals surface area contributed by atoms with Gasteiger partial charge in [0.25, 0.3) is 0 Å². The number of rotatable bonds is 5. The summed E-state index contributed by atoms with van der Waals surface area (Å²) in [6, 6.07) is 0.213. The van der Waals surface area contributed by atoms with Gasteiger partial charge in [-0.2, -0.15) is 0 Å². The molecule has 0 aromatic carbocycles. The Morgan fingerprint density at radius 2 is 2.17 bits per heavy atom. The maximum Gasteiger partial charge on any atom is 0.228 e. The lowest BCUT2D eigenvalue weighted by Gasteiger charge is -2.23. The maximum absolute atomic E-state index is 12.0. The summed E-state index contributed by atoms with van der Waals surface area (Å²) in [6.45, 7) is 5.51. The van der Waals surface area contributed by atoms with Gasteiger partial charge in [0.1, 0.15) is 0 Å². The third-order valence-corrected chi connectivity index (χ3v) is 4.12. The second-order valence-corrected chi connectivity index (χ2v) is 6.43. The number of nitrogens with zero attached hydrogens (tertiary/aromatic N) is 1. The first-order valence-corrected chi connectivity index (χ1v) is 8.18. The van der Waals surface area contributed by atoms with Crippen molar-refractivity contribution >= 4 is 53.1 Å². The fraction of sp³-hybridized carbons (Fsp3) is 0.643. The summed E-state index contributed by atoms with van der Waals surface area (Å²) in [5.41, 5.74) is 0.695. The maximum atomic E-state index is 12.0. The molecule has 0 radical (unpaired) electrons. The second kappa shape index (κ2) is 10.8. The summed E-state index contributed by atoms with van der Waals surface area (Å²) < 4.78 is 0. The van der Waals surface area contributed by atoms with Crippen molar-refractivity contribution in [3.8, 4) is 0 Å². The molecule has 2 heterocycles. The van der Waals surface area contributed by atoms with Gasteiger partial charge in [0.05, 0.1) is 12.1 Å². The first-order valence-electron chi connectivity index (χ1n) is 7.30. The van der Waals surface area contributed by atoms with Crippen LogP contribution in [-0.4, -0.2) is 35.9 Å². The lowest BCUT2D eigenvalue weighted by atomic mass is 10.1. The molecule has 23 heavy (non-hydrogen) atoms. The Labute approximate surface area is 153 Å². The summed E-state index contributed by atoms with van der Waals surface area (Å²) in [7, 11) is 0. The number of hydrogen-bond donors (Lipinski definition) is 3. The van der Waals surface area contributed by atoms with Crippen LogP contribution in [0.15, 0.2) is 5.38 Å². The summed E-state index contributed by atoms with van der Waals surface area (Å²) in [5.74, 6) is -0.163. The number of carbonyl (C=O) groups excluding carboxylic acids is 2. The highest BCUT2D eigenvalue weighted by molar-refractivity contribution is 7.13. The summed E-state index contributed by atoms with van der Waals surface area (Å²) in [5, 5.41) is 11.4. The molecule has 0 bridgehead atoms. The van der Waals surface area contributed by atoms with Gasteiger partial charge in [-0.1, -0.05) is 13.8 Å². The minimum absolute atomic E-state index is 0. The van der Waals surface area contributed by atoms with Crippen LogP contribution < -0.4 is 16.0 Å². The number of carbonyl (C=O) groups is 2. The van der Waals surface area contributed by atoms with Crippen LogP contribution in [0.1, 0.15) is 32.4 Å². The molecule has 3 N–H and O–H groups in total. The molecule has 1 aliphatic rings. The van der Waals surface area contributed by atoms with E-state index in [1.807, 2.05) is 19.2 Å². The Bertz CT molecular complexity index is 505. The van der Waals surface area contributed by atoms with Crippen molar-refractivity contribution < 1.29 is 9.59 Å². The van der Waals surface area contributed by atoms with E-state index in [1.54, 1.807) is 0 Å². The van der Waals surface area contributed by atoms with Crippen LogP contribution in [0.5, 0.6) is 0 Å². The highest BCUT2D eigenvalue weighted by Crippen LogP contribution is 2.16. The molecule has 2 amide bonds. The molecule has 2 rings (SSSR count). The number of thiazole rings is 1. The molecular formula is C14H24Cl2N4O2S. The molecule has 0 spiro atoms. The van der Waals surface area contributed by atoms with E-state index in [4.69, 9.17) is 0 Å². The standard InChI is InChI=1S/C14H22N4O2S.2ClH/c1-9(2)13(20)18-14-17-11(8-21-14)6-12(19)16-10-4-3-5-15-7-10;;/h8-10,15H,3-7H2,1-2H3,(H,16,19)(H,17,18,20);2*1H/t10-;;/m0../s1. The molecule has 0 aliphatic carbocycles. The summed E-state index contributed by atoms with van der Waals surface area (Å²) in [4.78, 5) is 27.8. The van der Waals surface area contributed by atoms with Crippen LogP contribution in [-0.2, 0) is 16.0 Å². The molecule has 6 nitrogen and oxygen atoms in total.